The molecule has 0 fully saturated rings. The van der Waals surface area contributed by atoms with Gasteiger partial charge in [0.25, 0.3) is 0 Å². The molecule has 0 radical (unpaired) electrons. The van der Waals surface area contributed by atoms with E-state index in [2.05, 4.69) is 56.9 Å². The van der Waals surface area contributed by atoms with Crippen LogP contribution < -0.4 is 15.4 Å². The van der Waals surface area contributed by atoms with Gasteiger partial charge in [-0.05, 0) is 53.8 Å². The average Bonchev–Trinajstić information content (AvgIpc) is 2.96. The second kappa shape index (κ2) is 8.23. The maximum absolute atomic E-state index is 13.6. The summed E-state index contributed by atoms with van der Waals surface area (Å²) in [7, 11) is 1.66. The average molecular weight is 475 g/mol. The predicted octanol–water partition coefficient (Wildman–Crippen LogP) is 6.44. The second-order valence-corrected chi connectivity index (χ2v) is 8.82. The van der Waals surface area contributed by atoms with E-state index in [-0.39, 0.29) is 17.7 Å². The van der Waals surface area contributed by atoms with Crippen molar-refractivity contribution in [3.8, 4) is 5.75 Å². The first kappa shape index (κ1) is 19.9. The first-order valence-electron chi connectivity index (χ1n) is 10.4. The van der Waals surface area contributed by atoms with Crippen molar-refractivity contribution in [3.05, 3.63) is 99.7 Å². The predicted molar refractivity (Wildman–Crippen MR) is 128 cm³/mol. The maximum atomic E-state index is 13.6. The number of benzene rings is 3. The number of anilines is 2. The lowest BCUT2D eigenvalue weighted by molar-refractivity contribution is -0.116. The summed E-state index contributed by atoms with van der Waals surface area (Å²) < 4.78 is 6.28. The summed E-state index contributed by atoms with van der Waals surface area (Å²) in [5.74, 6) is 1.14. The molecule has 3 aromatic carbocycles. The summed E-state index contributed by atoms with van der Waals surface area (Å²) >= 11 is 3.69. The summed E-state index contributed by atoms with van der Waals surface area (Å²) in [5.41, 5.74) is 6.03. The summed E-state index contributed by atoms with van der Waals surface area (Å²) in [4.78, 5) is 13.6. The van der Waals surface area contributed by atoms with E-state index in [0.29, 0.717) is 6.42 Å². The number of halogens is 1. The Hall–Kier alpha value is -3.05. The molecule has 0 spiro atoms. The number of ketones is 1. The molecule has 0 bridgehead atoms. The number of hydrogen-bond donors (Lipinski definition) is 2. The zero-order chi connectivity index (χ0) is 21.4. The van der Waals surface area contributed by atoms with Gasteiger partial charge in [-0.2, -0.15) is 0 Å². The minimum absolute atomic E-state index is 0.134. The fourth-order valence-corrected chi connectivity index (χ4v) is 5.06. The molecule has 2 atom stereocenters. The van der Waals surface area contributed by atoms with Crippen molar-refractivity contribution in [2.24, 2.45) is 0 Å². The number of para-hydroxylation sites is 2. The molecular weight excluding hydrogens is 452 g/mol. The van der Waals surface area contributed by atoms with E-state index in [1.807, 2.05) is 42.5 Å². The van der Waals surface area contributed by atoms with Gasteiger partial charge in [0.05, 0.1) is 24.5 Å². The number of carbonyl (C=O) groups excluding carboxylic acids is 1. The Morgan fingerprint density at radius 1 is 0.903 bits per heavy atom. The monoisotopic (exact) mass is 474 g/mol. The fourth-order valence-electron chi connectivity index (χ4n) is 4.55. The van der Waals surface area contributed by atoms with Crippen LogP contribution in [0.1, 0.15) is 35.9 Å². The molecule has 5 rings (SSSR count). The number of carbonyl (C=O) groups is 1. The SMILES string of the molecule is COc1ccc(C2CC(=O)C3=C(C2)Nc2ccccc2NC3c2ccccc2Br)cc1. The highest BCUT2D eigenvalue weighted by Crippen LogP contribution is 2.45. The minimum Gasteiger partial charge on any atom is -0.497 e. The number of allylic oxidation sites excluding steroid dienone is 1. The number of fused-ring (bicyclic) bond motifs is 1. The van der Waals surface area contributed by atoms with E-state index < -0.39 is 0 Å². The van der Waals surface area contributed by atoms with Crippen molar-refractivity contribution in [1.82, 2.24) is 0 Å². The molecule has 0 saturated carbocycles. The maximum Gasteiger partial charge on any atom is 0.163 e. The van der Waals surface area contributed by atoms with Gasteiger partial charge in [-0.1, -0.05) is 58.4 Å². The third-order valence-corrected chi connectivity index (χ3v) is 6.83. The highest BCUT2D eigenvalue weighted by Gasteiger charge is 2.36. The van der Waals surface area contributed by atoms with E-state index >= 15 is 0 Å². The molecule has 1 aliphatic heterocycles. The molecule has 1 aliphatic carbocycles. The number of methoxy groups -OCH3 is 1. The van der Waals surface area contributed by atoms with Gasteiger partial charge in [-0.3, -0.25) is 4.79 Å². The summed E-state index contributed by atoms with van der Waals surface area (Å²) in [6, 6.07) is 24.1. The Bertz CT molecular complexity index is 1170. The number of nitrogens with one attached hydrogen (secondary N) is 2. The molecule has 2 unspecified atom stereocenters. The van der Waals surface area contributed by atoms with Crippen LogP contribution in [0.4, 0.5) is 11.4 Å². The Morgan fingerprint density at radius 3 is 2.35 bits per heavy atom. The molecule has 3 aromatic rings. The zero-order valence-electron chi connectivity index (χ0n) is 17.2. The molecule has 31 heavy (non-hydrogen) atoms. The summed E-state index contributed by atoms with van der Waals surface area (Å²) in [6.07, 6.45) is 1.27. The van der Waals surface area contributed by atoms with Gasteiger partial charge in [0.1, 0.15) is 5.75 Å². The zero-order valence-corrected chi connectivity index (χ0v) is 18.8. The fraction of sp³-hybridized carbons (Fsp3) is 0.192. The van der Waals surface area contributed by atoms with Crippen LogP contribution in [-0.4, -0.2) is 12.9 Å². The smallest absolute Gasteiger partial charge is 0.163 e. The highest BCUT2D eigenvalue weighted by molar-refractivity contribution is 9.10. The van der Waals surface area contributed by atoms with E-state index in [1.54, 1.807) is 7.11 Å². The molecule has 0 aromatic heterocycles. The van der Waals surface area contributed by atoms with Crippen LogP contribution in [0.2, 0.25) is 0 Å². The van der Waals surface area contributed by atoms with Crippen LogP contribution in [0.5, 0.6) is 5.75 Å². The Morgan fingerprint density at radius 2 is 1.61 bits per heavy atom. The van der Waals surface area contributed by atoms with Gasteiger partial charge >= 0.3 is 0 Å². The number of hydrogen-bond acceptors (Lipinski definition) is 4. The van der Waals surface area contributed by atoms with Crippen molar-refractivity contribution in [1.29, 1.82) is 0 Å². The van der Waals surface area contributed by atoms with Gasteiger partial charge in [0, 0.05) is 22.2 Å². The van der Waals surface area contributed by atoms with E-state index in [9.17, 15) is 4.79 Å². The molecule has 156 valence electrons. The van der Waals surface area contributed by atoms with E-state index in [0.717, 1.165) is 50.4 Å². The molecule has 1 heterocycles. The van der Waals surface area contributed by atoms with E-state index in [4.69, 9.17) is 4.74 Å². The molecule has 5 heteroatoms. The van der Waals surface area contributed by atoms with Crippen LogP contribution in [0.15, 0.2) is 88.5 Å². The topological polar surface area (TPSA) is 50.4 Å². The molecule has 0 saturated heterocycles. The second-order valence-electron chi connectivity index (χ2n) is 7.96. The van der Waals surface area contributed by atoms with Gasteiger partial charge in [-0.25, -0.2) is 0 Å². The van der Waals surface area contributed by atoms with Crippen LogP contribution >= 0.6 is 15.9 Å². The van der Waals surface area contributed by atoms with Crippen molar-refractivity contribution < 1.29 is 9.53 Å². The Balaban J connectivity index is 1.59. The van der Waals surface area contributed by atoms with Gasteiger partial charge in [0.2, 0.25) is 0 Å². The molecular formula is C26H23BrN2O2. The van der Waals surface area contributed by atoms with Gasteiger partial charge < -0.3 is 15.4 Å². The number of Topliss-reactive ketones (excluding diaryl/α,β-unsaturated/α-hetero) is 1. The molecule has 2 N–H and O–H groups in total. The molecule has 2 aliphatic rings. The lowest BCUT2D eigenvalue weighted by atomic mass is 9.78. The Labute approximate surface area is 190 Å². The largest absolute Gasteiger partial charge is 0.497 e. The highest BCUT2D eigenvalue weighted by atomic mass is 79.9. The minimum atomic E-state index is -0.217. The van der Waals surface area contributed by atoms with Crippen molar-refractivity contribution in [3.63, 3.8) is 0 Å². The Kier molecular flexibility index (Phi) is 5.28. The molecule has 0 amide bonds. The summed E-state index contributed by atoms with van der Waals surface area (Å²) in [6.45, 7) is 0. The lowest BCUT2D eigenvalue weighted by Gasteiger charge is -2.30. The standard InChI is InChI=1S/C26H23BrN2O2/c1-31-18-12-10-16(11-13-18)17-14-23-25(24(30)15-17)26(19-6-2-3-7-20(19)27)29-22-9-5-4-8-21(22)28-23/h2-13,17,26,28-29H,14-15H2,1H3. The van der Waals surface area contributed by atoms with Gasteiger partial charge in [-0.15, -0.1) is 0 Å². The molecule has 4 nitrogen and oxygen atoms in total. The summed E-state index contributed by atoms with van der Waals surface area (Å²) in [5, 5.41) is 7.22. The van der Waals surface area contributed by atoms with E-state index in [1.165, 1.54) is 0 Å². The van der Waals surface area contributed by atoms with Crippen molar-refractivity contribution in [2.45, 2.75) is 24.8 Å². The van der Waals surface area contributed by atoms with Crippen molar-refractivity contribution >= 4 is 33.1 Å². The van der Waals surface area contributed by atoms with Gasteiger partial charge in [0.15, 0.2) is 5.78 Å². The van der Waals surface area contributed by atoms with Crippen LogP contribution in [0, 0.1) is 0 Å². The van der Waals surface area contributed by atoms with Crippen LogP contribution in [-0.2, 0) is 4.79 Å². The first-order chi connectivity index (χ1) is 15.1. The quantitative estimate of drug-likeness (QED) is 0.458. The van der Waals surface area contributed by atoms with Crippen LogP contribution in [0.3, 0.4) is 0 Å². The third-order valence-electron chi connectivity index (χ3n) is 6.11. The van der Waals surface area contributed by atoms with Crippen LogP contribution in [0.25, 0.3) is 0 Å². The van der Waals surface area contributed by atoms with Crippen molar-refractivity contribution in [2.75, 3.05) is 17.7 Å². The first-order valence-corrected chi connectivity index (χ1v) is 11.2. The number of ether oxygens (including phenoxy) is 1. The number of rotatable bonds is 3. The third kappa shape index (κ3) is 3.74. The lowest BCUT2D eigenvalue weighted by Crippen LogP contribution is -2.27. The normalized spacial score (nSPS) is 20.1.